The van der Waals surface area contributed by atoms with Gasteiger partial charge in [-0.15, -0.1) is 11.3 Å². The van der Waals surface area contributed by atoms with E-state index in [1.54, 1.807) is 17.4 Å². The van der Waals surface area contributed by atoms with Gasteiger partial charge in [0, 0.05) is 11.0 Å². The molecule has 1 heterocycles. The van der Waals surface area contributed by atoms with Gasteiger partial charge in [-0.05, 0) is 37.6 Å². The molecular weight excluding hydrogens is 274 g/mol. The largest absolute Gasteiger partial charge is 0.486 e. The maximum atomic E-state index is 10.5. The number of hydrogen-bond acceptors (Lipinski definition) is 4. The number of carboxylic acids is 1. The predicted molar refractivity (Wildman–Crippen MR) is 79.0 cm³/mol. The van der Waals surface area contributed by atoms with Crippen molar-refractivity contribution in [2.24, 2.45) is 0 Å². The van der Waals surface area contributed by atoms with Crippen LogP contribution in [0.1, 0.15) is 21.1 Å². The Morgan fingerprint density at radius 2 is 2.25 bits per heavy atom. The molecule has 2 rings (SSSR count). The van der Waals surface area contributed by atoms with Crippen LogP contribution in [-0.4, -0.2) is 16.1 Å². The lowest BCUT2D eigenvalue weighted by molar-refractivity contribution is -0.131. The topological polar surface area (TPSA) is 59.4 Å². The fourth-order valence-electron chi connectivity index (χ4n) is 1.62. The zero-order chi connectivity index (χ0) is 14.5. The van der Waals surface area contributed by atoms with Gasteiger partial charge in [0.1, 0.15) is 17.4 Å². The van der Waals surface area contributed by atoms with Gasteiger partial charge in [-0.1, -0.05) is 12.1 Å². The smallest absolute Gasteiger partial charge is 0.328 e. The second-order valence-corrected chi connectivity index (χ2v) is 5.57. The number of aryl methyl sites for hydroxylation is 2. The summed E-state index contributed by atoms with van der Waals surface area (Å²) in [7, 11) is 0. The number of carbonyl (C=O) groups is 1. The van der Waals surface area contributed by atoms with Crippen molar-refractivity contribution >= 4 is 23.4 Å². The summed E-state index contributed by atoms with van der Waals surface area (Å²) in [6, 6.07) is 7.29. The molecule has 0 saturated heterocycles. The maximum absolute atomic E-state index is 10.5. The number of benzene rings is 1. The zero-order valence-electron chi connectivity index (χ0n) is 11.3. The summed E-state index contributed by atoms with van der Waals surface area (Å²) in [5.74, 6) is -0.270. The van der Waals surface area contributed by atoms with Crippen molar-refractivity contribution in [3.05, 3.63) is 51.5 Å². The van der Waals surface area contributed by atoms with Gasteiger partial charge in [0.15, 0.2) is 0 Å². The number of carboxylic acid groups (broad SMARTS) is 1. The summed E-state index contributed by atoms with van der Waals surface area (Å²) in [4.78, 5) is 16.1. The highest BCUT2D eigenvalue weighted by Gasteiger charge is 2.04. The molecule has 0 amide bonds. The Balaban J connectivity index is 2.02. The first-order valence-corrected chi connectivity index (χ1v) is 6.93. The molecule has 20 heavy (non-hydrogen) atoms. The Kier molecular flexibility index (Phi) is 4.53. The van der Waals surface area contributed by atoms with E-state index in [9.17, 15) is 4.79 Å². The van der Waals surface area contributed by atoms with Crippen molar-refractivity contribution in [1.29, 1.82) is 0 Å². The quantitative estimate of drug-likeness (QED) is 0.857. The molecule has 1 aromatic heterocycles. The highest BCUT2D eigenvalue weighted by molar-refractivity contribution is 7.11. The summed E-state index contributed by atoms with van der Waals surface area (Å²) in [5.41, 5.74) is 1.82. The average molecular weight is 289 g/mol. The van der Waals surface area contributed by atoms with Gasteiger partial charge in [-0.2, -0.15) is 0 Å². The van der Waals surface area contributed by atoms with E-state index in [0.29, 0.717) is 12.4 Å². The third kappa shape index (κ3) is 3.93. The maximum Gasteiger partial charge on any atom is 0.328 e. The number of aliphatic carboxylic acids is 1. The molecule has 0 atom stereocenters. The van der Waals surface area contributed by atoms with Crippen LogP contribution in [0.5, 0.6) is 5.75 Å². The lowest BCUT2D eigenvalue weighted by Gasteiger charge is -2.04. The molecule has 0 spiro atoms. The van der Waals surface area contributed by atoms with Gasteiger partial charge in [0.05, 0.1) is 5.69 Å². The van der Waals surface area contributed by atoms with Crippen molar-refractivity contribution < 1.29 is 14.6 Å². The molecule has 0 radical (unpaired) electrons. The third-order valence-electron chi connectivity index (χ3n) is 2.71. The summed E-state index contributed by atoms with van der Waals surface area (Å²) in [6.45, 7) is 4.44. The number of rotatable bonds is 5. The molecule has 0 bridgehead atoms. The monoisotopic (exact) mass is 289 g/mol. The summed E-state index contributed by atoms with van der Waals surface area (Å²) in [6.07, 6.45) is 2.64. The van der Waals surface area contributed by atoms with Gasteiger partial charge in [-0.25, -0.2) is 9.78 Å². The van der Waals surface area contributed by atoms with Gasteiger partial charge < -0.3 is 9.84 Å². The Labute approximate surface area is 121 Å². The minimum absolute atomic E-state index is 0.422. The first-order valence-electron chi connectivity index (χ1n) is 6.11. The van der Waals surface area contributed by atoms with E-state index >= 15 is 0 Å². The van der Waals surface area contributed by atoms with Crippen LogP contribution in [0.2, 0.25) is 0 Å². The molecule has 0 saturated carbocycles. The van der Waals surface area contributed by atoms with E-state index in [2.05, 4.69) is 4.98 Å². The number of thiazole rings is 1. The Bertz CT molecular complexity index is 627. The molecule has 2 aromatic rings. The number of ether oxygens (including phenoxy) is 1. The number of aromatic nitrogens is 1. The molecule has 0 fully saturated rings. The fourth-order valence-corrected chi connectivity index (χ4v) is 2.47. The Morgan fingerprint density at radius 3 is 2.90 bits per heavy atom. The minimum atomic E-state index is -0.968. The zero-order valence-corrected chi connectivity index (χ0v) is 12.1. The van der Waals surface area contributed by atoms with Crippen LogP contribution in [-0.2, 0) is 11.4 Å². The van der Waals surface area contributed by atoms with Crippen molar-refractivity contribution in [2.45, 2.75) is 20.5 Å². The molecule has 0 aliphatic heterocycles. The average Bonchev–Trinajstić information content (AvgIpc) is 2.74. The van der Waals surface area contributed by atoms with E-state index in [4.69, 9.17) is 9.84 Å². The van der Waals surface area contributed by atoms with Crippen LogP contribution in [0.4, 0.5) is 0 Å². The molecule has 104 valence electrons. The van der Waals surface area contributed by atoms with E-state index in [1.165, 1.54) is 11.0 Å². The van der Waals surface area contributed by atoms with Gasteiger partial charge in [0.25, 0.3) is 0 Å². The molecular formula is C15H15NO3S. The second kappa shape index (κ2) is 6.34. The van der Waals surface area contributed by atoms with E-state index in [-0.39, 0.29) is 0 Å². The van der Waals surface area contributed by atoms with Crippen LogP contribution in [0.25, 0.3) is 6.08 Å². The highest BCUT2D eigenvalue weighted by Crippen LogP contribution is 2.20. The number of nitrogens with zero attached hydrogens (tertiary/aromatic N) is 1. The van der Waals surface area contributed by atoms with Gasteiger partial charge in [0.2, 0.25) is 0 Å². The van der Waals surface area contributed by atoms with Gasteiger partial charge in [-0.3, -0.25) is 0 Å². The van der Waals surface area contributed by atoms with Crippen molar-refractivity contribution in [3.8, 4) is 5.75 Å². The van der Waals surface area contributed by atoms with Crippen molar-refractivity contribution in [3.63, 3.8) is 0 Å². The highest BCUT2D eigenvalue weighted by atomic mass is 32.1. The van der Waals surface area contributed by atoms with Gasteiger partial charge >= 0.3 is 5.97 Å². The van der Waals surface area contributed by atoms with Crippen molar-refractivity contribution in [2.75, 3.05) is 0 Å². The summed E-state index contributed by atoms with van der Waals surface area (Å²) < 4.78 is 5.67. The summed E-state index contributed by atoms with van der Waals surface area (Å²) in [5, 5.41) is 9.54. The normalized spacial score (nSPS) is 10.9. The van der Waals surface area contributed by atoms with Crippen LogP contribution >= 0.6 is 11.3 Å². The molecule has 0 aliphatic rings. The van der Waals surface area contributed by atoms with Crippen LogP contribution in [0.3, 0.4) is 0 Å². The Hall–Kier alpha value is -2.14. The van der Waals surface area contributed by atoms with Crippen LogP contribution in [0.15, 0.2) is 30.3 Å². The van der Waals surface area contributed by atoms with Crippen LogP contribution < -0.4 is 4.74 Å². The van der Waals surface area contributed by atoms with Crippen LogP contribution in [0, 0.1) is 13.8 Å². The predicted octanol–water partition coefficient (Wildman–Crippen LogP) is 3.44. The van der Waals surface area contributed by atoms with E-state index < -0.39 is 5.97 Å². The molecule has 1 aromatic carbocycles. The molecule has 5 heteroatoms. The molecule has 0 unspecified atom stereocenters. The number of hydrogen-bond donors (Lipinski definition) is 1. The molecule has 0 aliphatic carbocycles. The standard InChI is InChI=1S/C15H15NO3S/c1-10-11(2)20-14(16-10)9-19-13-5-3-4-12(8-13)6-7-15(17)18/h3-8H,9H2,1-2H3,(H,17,18)/b7-6+. The lowest BCUT2D eigenvalue weighted by Crippen LogP contribution is -1.95. The minimum Gasteiger partial charge on any atom is -0.486 e. The SMILES string of the molecule is Cc1nc(COc2cccc(/C=C/C(=O)O)c2)sc1C. The fraction of sp³-hybridized carbons (Fsp3) is 0.200. The first-order chi connectivity index (χ1) is 9.54. The first kappa shape index (κ1) is 14.3. The molecule has 1 N–H and O–H groups in total. The second-order valence-electron chi connectivity index (χ2n) is 4.28. The third-order valence-corrected chi connectivity index (χ3v) is 3.76. The molecule has 4 nitrogen and oxygen atoms in total. The van der Waals surface area contributed by atoms with E-state index in [0.717, 1.165) is 22.3 Å². The van der Waals surface area contributed by atoms with E-state index in [1.807, 2.05) is 32.0 Å². The lowest BCUT2D eigenvalue weighted by atomic mass is 10.2. The summed E-state index contributed by atoms with van der Waals surface area (Å²) >= 11 is 1.62. The van der Waals surface area contributed by atoms with Crippen molar-refractivity contribution in [1.82, 2.24) is 4.98 Å². The Morgan fingerprint density at radius 1 is 1.45 bits per heavy atom.